The van der Waals surface area contributed by atoms with Crippen LogP contribution in [0.15, 0.2) is 53.1 Å². The highest BCUT2D eigenvalue weighted by molar-refractivity contribution is 6.30. The van der Waals surface area contributed by atoms with Crippen molar-refractivity contribution in [3.8, 4) is 0 Å². The molecule has 1 aromatic heterocycles. The highest BCUT2D eigenvalue weighted by Crippen LogP contribution is 2.32. The van der Waals surface area contributed by atoms with Crippen molar-refractivity contribution in [1.29, 1.82) is 0 Å². The number of aromatic nitrogens is 2. The Morgan fingerprint density at radius 2 is 1.86 bits per heavy atom. The molecule has 0 aliphatic rings. The summed E-state index contributed by atoms with van der Waals surface area (Å²) in [5.74, 6) is -0.236. The van der Waals surface area contributed by atoms with E-state index in [1.165, 1.54) is 24.3 Å². The number of amides is 1. The number of benzene rings is 2. The van der Waals surface area contributed by atoms with Crippen LogP contribution < -0.4 is 5.32 Å². The van der Waals surface area contributed by atoms with Crippen molar-refractivity contribution in [2.45, 2.75) is 32.0 Å². The molecule has 0 fully saturated rings. The fraction of sp³-hybridized carbons (Fsp3) is 0.250. The first kappa shape index (κ1) is 20.9. The summed E-state index contributed by atoms with van der Waals surface area (Å²) in [7, 11) is 0. The molecule has 0 saturated heterocycles. The molecule has 29 heavy (non-hydrogen) atoms. The van der Waals surface area contributed by atoms with Gasteiger partial charge in [0, 0.05) is 10.6 Å². The molecule has 0 unspecified atom stereocenters. The van der Waals surface area contributed by atoms with Gasteiger partial charge in [0.05, 0.1) is 17.5 Å². The zero-order valence-corrected chi connectivity index (χ0v) is 16.3. The van der Waals surface area contributed by atoms with Gasteiger partial charge in [-0.15, -0.1) is 0 Å². The van der Waals surface area contributed by atoms with Crippen LogP contribution in [0.25, 0.3) is 0 Å². The number of rotatable bonds is 5. The summed E-state index contributed by atoms with van der Waals surface area (Å²) in [6.07, 6.45) is -4.66. The SMILES string of the molecule is CC(C)(NC(=O)c1cccc(Cl)c1)c1noc(Cc2ccccc2C(F)(F)F)n1. The van der Waals surface area contributed by atoms with Gasteiger partial charge in [0.2, 0.25) is 5.89 Å². The Morgan fingerprint density at radius 3 is 2.55 bits per heavy atom. The Morgan fingerprint density at radius 1 is 1.14 bits per heavy atom. The lowest BCUT2D eigenvalue weighted by atomic mass is 10.0. The molecule has 0 aliphatic heterocycles. The molecule has 0 spiro atoms. The van der Waals surface area contributed by atoms with Gasteiger partial charge in [-0.2, -0.15) is 18.2 Å². The zero-order chi connectivity index (χ0) is 21.2. The van der Waals surface area contributed by atoms with Gasteiger partial charge in [-0.25, -0.2) is 0 Å². The van der Waals surface area contributed by atoms with Gasteiger partial charge in [-0.1, -0.05) is 41.0 Å². The number of hydrogen-bond donors (Lipinski definition) is 1. The first-order chi connectivity index (χ1) is 13.6. The third-order valence-electron chi connectivity index (χ3n) is 4.20. The van der Waals surface area contributed by atoms with E-state index in [4.69, 9.17) is 16.1 Å². The second-order valence-electron chi connectivity index (χ2n) is 6.93. The Hall–Kier alpha value is -2.87. The number of nitrogens with one attached hydrogen (secondary N) is 1. The summed E-state index contributed by atoms with van der Waals surface area (Å²) in [4.78, 5) is 16.6. The Balaban J connectivity index is 1.78. The van der Waals surface area contributed by atoms with E-state index in [1.807, 2.05) is 0 Å². The van der Waals surface area contributed by atoms with E-state index in [1.54, 1.807) is 32.0 Å². The second kappa shape index (κ2) is 7.87. The number of halogens is 4. The number of hydrogen-bond acceptors (Lipinski definition) is 4. The highest BCUT2D eigenvalue weighted by Gasteiger charge is 2.34. The molecule has 5 nitrogen and oxygen atoms in total. The van der Waals surface area contributed by atoms with Crippen molar-refractivity contribution < 1.29 is 22.5 Å². The Labute approximate surface area is 169 Å². The average molecular weight is 424 g/mol. The van der Waals surface area contributed by atoms with Crippen molar-refractivity contribution >= 4 is 17.5 Å². The molecule has 1 N–H and O–H groups in total. The topological polar surface area (TPSA) is 68.0 Å². The lowest BCUT2D eigenvalue weighted by Crippen LogP contribution is -2.41. The van der Waals surface area contributed by atoms with E-state index >= 15 is 0 Å². The summed E-state index contributed by atoms with van der Waals surface area (Å²) in [5.41, 5.74) is -1.40. The predicted molar refractivity (Wildman–Crippen MR) is 100 cm³/mol. The molecule has 2 aromatic carbocycles. The molecule has 0 aliphatic carbocycles. The van der Waals surface area contributed by atoms with Gasteiger partial charge in [-0.3, -0.25) is 4.79 Å². The van der Waals surface area contributed by atoms with Crippen LogP contribution in [-0.4, -0.2) is 16.0 Å². The maximum absolute atomic E-state index is 13.2. The smallest absolute Gasteiger partial charge is 0.340 e. The number of nitrogens with zero attached hydrogens (tertiary/aromatic N) is 2. The van der Waals surface area contributed by atoms with Gasteiger partial charge < -0.3 is 9.84 Å². The number of alkyl halides is 3. The lowest BCUT2D eigenvalue weighted by Gasteiger charge is -2.22. The minimum atomic E-state index is -4.48. The third kappa shape index (κ3) is 4.95. The van der Waals surface area contributed by atoms with Crippen molar-refractivity contribution in [2.24, 2.45) is 0 Å². The fourth-order valence-electron chi connectivity index (χ4n) is 2.74. The summed E-state index contributed by atoms with van der Waals surface area (Å²) >= 11 is 5.90. The van der Waals surface area contributed by atoms with Crippen molar-refractivity contribution in [3.05, 3.63) is 82.0 Å². The van der Waals surface area contributed by atoms with Gasteiger partial charge in [-0.05, 0) is 43.7 Å². The van der Waals surface area contributed by atoms with Gasteiger partial charge in [0.1, 0.15) is 0 Å². The minimum absolute atomic E-state index is 0.0155. The monoisotopic (exact) mass is 423 g/mol. The van der Waals surface area contributed by atoms with Crippen LogP contribution in [0.2, 0.25) is 5.02 Å². The molecular weight excluding hydrogens is 407 g/mol. The van der Waals surface area contributed by atoms with Crippen LogP contribution in [0, 0.1) is 0 Å². The van der Waals surface area contributed by atoms with E-state index in [2.05, 4.69) is 15.5 Å². The third-order valence-corrected chi connectivity index (χ3v) is 4.44. The molecule has 0 radical (unpaired) electrons. The molecule has 3 aromatic rings. The van der Waals surface area contributed by atoms with Crippen LogP contribution in [-0.2, 0) is 18.1 Å². The predicted octanol–water partition coefficient (Wildman–Crippen LogP) is 5.00. The van der Waals surface area contributed by atoms with E-state index in [9.17, 15) is 18.0 Å². The molecular formula is C20H17ClF3N3O2. The van der Waals surface area contributed by atoms with Crippen LogP contribution in [0.1, 0.15) is 47.0 Å². The molecule has 3 rings (SSSR count). The standard InChI is InChI=1S/C20H17ClF3N3O2/c1-19(2,26-17(28)13-7-5-8-14(21)10-13)18-25-16(29-27-18)11-12-6-3-4-9-15(12)20(22,23)24/h3-10H,11H2,1-2H3,(H,26,28). The van der Waals surface area contributed by atoms with Crippen LogP contribution in [0.3, 0.4) is 0 Å². The molecule has 152 valence electrons. The van der Waals surface area contributed by atoms with E-state index in [-0.39, 0.29) is 23.7 Å². The number of carbonyl (C=O) groups is 1. The largest absolute Gasteiger partial charge is 0.416 e. The summed E-state index contributed by atoms with van der Waals surface area (Å²) < 4.78 is 44.6. The first-order valence-electron chi connectivity index (χ1n) is 8.62. The number of carbonyl (C=O) groups excluding carboxylic acids is 1. The molecule has 0 atom stereocenters. The van der Waals surface area contributed by atoms with Crippen LogP contribution >= 0.6 is 11.6 Å². The van der Waals surface area contributed by atoms with E-state index in [0.29, 0.717) is 10.6 Å². The van der Waals surface area contributed by atoms with Gasteiger partial charge >= 0.3 is 6.18 Å². The van der Waals surface area contributed by atoms with Gasteiger partial charge in [0.25, 0.3) is 5.91 Å². The maximum atomic E-state index is 13.2. The van der Waals surface area contributed by atoms with Crippen molar-refractivity contribution in [1.82, 2.24) is 15.5 Å². The fourth-order valence-corrected chi connectivity index (χ4v) is 2.93. The quantitative estimate of drug-likeness (QED) is 0.627. The molecule has 1 amide bonds. The van der Waals surface area contributed by atoms with E-state index < -0.39 is 23.2 Å². The molecule has 9 heteroatoms. The van der Waals surface area contributed by atoms with Crippen molar-refractivity contribution in [3.63, 3.8) is 0 Å². The second-order valence-corrected chi connectivity index (χ2v) is 7.37. The summed E-state index contributed by atoms with van der Waals surface area (Å²) in [6, 6.07) is 11.6. The maximum Gasteiger partial charge on any atom is 0.416 e. The average Bonchev–Trinajstić information content (AvgIpc) is 3.10. The first-order valence-corrected chi connectivity index (χ1v) is 9.00. The summed E-state index contributed by atoms with van der Waals surface area (Å²) in [5, 5.41) is 7.02. The van der Waals surface area contributed by atoms with E-state index in [0.717, 1.165) is 6.07 Å². The Bertz CT molecular complexity index is 1030. The van der Waals surface area contributed by atoms with Gasteiger partial charge in [0.15, 0.2) is 5.82 Å². The molecule has 0 bridgehead atoms. The molecule has 0 saturated carbocycles. The normalized spacial score (nSPS) is 12.1. The van der Waals surface area contributed by atoms with Crippen molar-refractivity contribution in [2.75, 3.05) is 0 Å². The highest BCUT2D eigenvalue weighted by atomic mass is 35.5. The Kier molecular flexibility index (Phi) is 5.66. The minimum Gasteiger partial charge on any atom is -0.340 e. The molecule has 1 heterocycles. The van der Waals surface area contributed by atoms with Crippen LogP contribution in [0.4, 0.5) is 13.2 Å². The summed E-state index contributed by atoms with van der Waals surface area (Å²) in [6.45, 7) is 3.32. The lowest BCUT2D eigenvalue weighted by molar-refractivity contribution is -0.138. The van der Waals surface area contributed by atoms with Crippen LogP contribution in [0.5, 0.6) is 0 Å². The zero-order valence-electron chi connectivity index (χ0n) is 15.5.